The van der Waals surface area contributed by atoms with Crippen LogP contribution in [0.1, 0.15) is 6.92 Å². The third kappa shape index (κ3) is 4.72. The van der Waals surface area contributed by atoms with Gasteiger partial charge in [0.2, 0.25) is 0 Å². The van der Waals surface area contributed by atoms with E-state index in [9.17, 15) is 4.79 Å². The predicted octanol–water partition coefficient (Wildman–Crippen LogP) is 3.30. The number of rotatable bonds is 3. The maximum atomic E-state index is 11.4. The van der Waals surface area contributed by atoms with Crippen LogP contribution in [0.15, 0.2) is 54.3 Å². The highest BCUT2D eigenvalue weighted by atomic mass is 16.7. The van der Waals surface area contributed by atoms with Gasteiger partial charge in [0.15, 0.2) is 0 Å². The molecule has 0 N–H and O–H groups in total. The summed E-state index contributed by atoms with van der Waals surface area (Å²) in [6.07, 6.45) is 8.89. The van der Waals surface area contributed by atoms with Crippen LogP contribution >= 0.6 is 0 Å². The first kappa shape index (κ1) is 12.6. The SMILES string of the molecule is C#C/C=C(\C=C/C)OC(=O)Oc1ccccc1. The molecule has 0 heterocycles. The summed E-state index contributed by atoms with van der Waals surface area (Å²) in [7, 11) is 0. The van der Waals surface area contributed by atoms with Crippen molar-refractivity contribution >= 4 is 6.16 Å². The van der Waals surface area contributed by atoms with E-state index in [1.165, 1.54) is 6.08 Å². The number of ether oxygens (including phenoxy) is 2. The monoisotopic (exact) mass is 228 g/mol. The van der Waals surface area contributed by atoms with Crippen molar-refractivity contribution in [3.8, 4) is 18.1 Å². The molecule has 0 radical (unpaired) electrons. The lowest BCUT2D eigenvalue weighted by Crippen LogP contribution is -2.09. The fourth-order valence-corrected chi connectivity index (χ4v) is 1.06. The van der Waals surface area contributed by atoms with Crippen LogP contribution in [0.25, 0.3) is 0 Å². The van der Waals surface area contributed by atoms with Crippen molar-refractivity contribution in [3.05, 3.63) is 54.3 Å². The third-order valence-corrected chi connectivity index (χ3v) is 1.70. The third-order valence-electron chi connectivity index (χ3n) is 1.70. The fourth-order valence-electron chi connectivity index (χ4n) is 1.06. The van der Waals surface area contributed by atoms with Crippen LogP contribution in [0.4, 0.5) is 4.79 Å². The average molecular weight is 228 g/mol. The Hall–Kier alpha value is -2.47. The van der Waals surface area contributed by atoms with Crippen LogP contribution in [0.2, 0.25) is 0 Å². The summed E-state index contributed by atoms with van der Waals surface area (Å²) in [4.78, 5) is 11.4. The van der Waals surface area contributed by atoms with Gasteiger partial charge in [-0.2, -0.15) is 0 Å². The first-order valence-electron chi connectivity index (χ1n) is 5.00. The van der Waals surface area contributed by atoms with E-state index in [0.29, 0.717) is 5.75 Å². The Labute approximate surface area is 100 Å². The minimum atomic E-state index is -0.823. The van der Waals surface area contributed by atoms with Gasteiger partial charge in [-0.15, -0.1) is 6.42 Å². The summed E-state index contributed by atoms with van der Waals surface area (Å²) in [5.74, 6) is 2.95. The van der Waals surface area contributed by atoms with Crippen molar-refractivity contribution in [3.63, 3.8) is 0 Å². The summed E-state index contributed by atoms with van der Waals surface area (Å²) in [6, 6.07) is 8.64. The lowest BCUT2D eigenvalue weighted by molar-refractivity contribution is 0.129. The molecule has 0 bridgehead atoms. The van der Waals surface area contributed by atoms with Crippen LogP contribution in [0.5, 0.6) is 5.75 Å². The largest absolute Gasteiger partial charge is 0.519 e. The molecule has 0 aliphatic heterocycles. The van der Waals surface area contributed by atoms with Crippen LogP contribution in [0, 0.1) is 12.3 Å². The van der Waals surface area contributed by atoms with Crippen molar-refractivity contribution in [1.29, 1.82) is 0 Å². The van der Waals surface area contributed by atoms with Crippen molar-refractivity contribution in [2.24, 2.45) is 0 Å². The summed E-state index contributed by atoms with van der Waals surface area (Å²) in [5.41, 5.74) is 0. The Bertz CT molecular complexity index is 464. The molecular formula is C14H12O3. The van der Waals surface area contributed by atoms with E-state index >= 15 is 0 Å². The van der Waals surface area contributed by atoms with Gasteiger partial charge < -0.3 is 9.47 Å². The molecule has 17 heavy (non-hydrogen) atoms. The van der Waals surface area contributed by atoms with Gasteiger partial charge in [0.1, 0.15) is 11.5 Å². The first-order valence-corrected chi connectivity index (χ1v) is 5.00. The zero-order chi connectivity index (χ0) is 12.5. The van der Waals surface area contributed by atoms with E-state index in [1.807, 2.05) is 6.07 Å². The summed E-state index contributed by atoms with van der Waals surface area (Å²) >= 11 is 0. The summed E-state index contributed by atoms with van der Waals surface area (Å²) < 4.78 is 9.84. The molecule has 0 saturated heterocycles. The molecule has 0 aromatic heterocycles. The van der Waals surface area contributed by atoms with E-state index < -0.39 is 6.16 Å². The molecule has 0 atom stereocenters. The van der Waals surface area contributed by atoms with Crippen LogP contribution in [-0.2, 0) is 4.74 Å². The van der Waals surface area contributed by atoms with Crippen molar-refractivity contribution < 1.29 is 14.3 Å². The van der Waals surface area contributed by atoms with Crippen LogP contribution in [0.3, 0.4) is 0 Å². The number of hydrogen-bond acceptors (Lipinski definition) is 3. The lowest BCUT2D eigenvalue weighted by atomic mass is 10.3. The second kappa shape index (κ2) is 6.91. The molecule has 0 unspecified atom stereocenters. The number of carbonyl (C=O) groups is 1. The zero-order valence-electron chi connectivity index (χ0n) is 9.42. The molecule has 0 aliphatic carbocycles. The topological polar surface area (TPSA) is 35.5 Å². The van der Waals surface area contributed by atoms with Gasteiger partial charge in [-0.3, -0.25) is 0 Å². The summed E-state index contributed by atoms with van der Waals surface area (Å²) in [5, 5.41) is 0. The predicted molar refractivity (Wildman–Crippen MR) is 65.3 cm³/mol. The van der Waals surface area contributed by atoms with E-state index in [1.54, 1.807) is 43.3 Å². The molecule has 0 aliphatic rings. The van der Waals surface area contributed by atoms with Crippen molar-refractivity contribution in [2.45, 2.75) is 6.92 Å². The van der Waals surface area contributed by atoms with Gasteiger partial charge in [0, 0.05) is 6.08 Å². The number of para-hydroxylation sites is 1. The second-order valence-electron chi connectivity index (χ2n) is 2.98. The van der Waals surface area contributed by atoms with Crippen molar-refractivity contribution in [2.75, 3.05) is 0 Å². The number of terminal acetylenes is 1. The molecule has 0 fully saturated rings. The maximum absolute atomic E-state index is 11.4. The van der Waals surface area contributed by atoms with Gasteiger partial charge in [-0.25, -0.2) is 4.79 Å². The van der Waals surface area contributed by atoms with E-state index in [4.69, 9.17) is 15.9 Å². The Kier molecular flexibility index (Phi) is 5.12. The van der Waals surface area contributed by atoms with E-state index in [2.05, 4.69) is 5.92 Å². The van der Waals surface area contributed by atoms with Gasteiger partial charge in [-0.05, 0) is 25.1 Å². The Morgan fingerprint density at radius 1 is 1.35 bits per heavy atom. The Morgan fingerprint density at radius 2 is 2.06 bits per heavy atom. The zero-order valence-corrected chi connectivity index (χ0v) is 9.42. The molecule has 1 rings (SSSR count). The standard InChI is InChI=1S/C14H12O3/c1-3-8-12(9-4-2)16-14(15)17-13-10-6-5-7-11-13/h1,4-11H,2H3/b9-4-,12-8+. The molecule has 1 aromatic carbocycles. The molecule has 1 aromatic rings. The molecule has 86 valence electrons. The van der Waals surface area contributed by atoms with E-state index in [0.717, 1.165) is 0 Å². The van der Waals surface area contributed by atoms with Gasteiger partial charge in [0.25, 0.3) is 0 Å². The fraction of sp³-hybridized carbons (Fsp3) is 0.0714. The second-order valence-corrected chi connectivity index (χ2v) is 2.98. The quantitative estimate of drug-likeness (QED) is 0.262. The smallest absolute Gasteiger partial charge is 0.395 e. The minimum Gasteiger partial charge on any atom is -0.395 e. The van der Waals surface area contributed by atoms with Gasteiger partial charge >= 0.3 is 6.16 Å². The summed E-state index contributed by atoms with van der Waals surface area (Å²) in [6.45, 7) is 1.79. The molecule has 0 spiro atoms. The maximum Gasteiger partial charge on any atom is 0.519 e. The van der Waals surface area contributed by atoms with Crippen molar-refractivity contribution in [1.82, 2.24) is 0 Å². The van der Waals surface area contributed by atoms with Crippen LogP contribution in [-0.4, -0.2) is 6.16 Å². The highest BCUT2D eigenvalue weighted by Gasteiger charge is 2.07. The first-order chi connectivity index (χ1) is 8.26. The Morgan fingerprint density at radius 3 is 2.65 bits per heavy atom. The molecule has 3 heteroatoms. The van der Waals surface area contributed by atoms with Gasteiger partial charge in [-0.1, -0.05) is 30.2 Å². The number of carbonyl (C=O) groups excluding carboxylic acids is 1. The van der Waals surface area contributed by atoms with Gasteiger partial charge in [0.05, 0.1) is 0 Å². The number of hydrogen-bond donors (Lipinski definition) is 0. The molecule has 0 saturated carbocycles. The van der Waals surface area contributed by atoms with E-state index in [-0.39, 0.29) is 5.76 Å². The molecular weight excluding hydrogens is 216 g/mol. The average Bonchev–Trinajstić information content (AvgIpc) is 2.30. The number of benzene rings is 1. The molecule has 3 nitrogen and oxygen atoms in total. The minimum absolute atomic E-state index is 0.260. The van der Waals surface area contributed by atoms with Crippen LogP contribution < -0.4 is 4.74 Å². The molecule has 0 amide bonds. The highest BCUT2D eigenvalue weighted by molar-refractivity contribution is 5.65. The highest BCUT2D eigenvalue weighted by Crippen LogP contribution is 2.10. The Balaban J connectivity index is 2.61. The normalized spacial score (nSPS) is 10.9. The number of allylic oxidation sites excluding steroid dienone is 3. The lowest BCUT2D eigenvalue weighted by Gasteiger charge is -2.04.